The van der Waals surface area contributed by atoms with Gasteiger partial charge in [-0.15, -0.1) is 0 Å². The maximum Gasteiger partial charge on any atom is 0.258 e. The molecule has 0 radical (unpaired) electrons. The Bertz CT molecular complexity index is 1130. The normalized spacial score (nSPS) is 12.4. The molecular formula is C25H28N2O4S. The second kappa shape index (κ2) is 10.4. The predicted octanol–water partition coefficient (Wildman–Crippen LogP) is 3.67. The molecule has 7 heteroatoms. The number of hydrogen-bond donors (Lipinski definition) is 1. The SMILES string of the molecule is Cc1ccc([C@H](NC(=O)COc2ccc(CN(C)S(C)(=O)=O)cc2)c2ccccc2)cc1. The first-order chi connectivity index (χ1) is 15.2. The molecule has 3 rings (SSSR count). The van der Waals surface area contributed by atoms with Crippen LogP contribution in [0.5, 0.6) is 5.75 Å². The maximum absolute atomic E-state index is 12.7. The van der Waals surface area contributed by atoms with Crippen molar-refractivity contribution in [2.45, 2.75) is 19.5 Å². The first kappa shape index (κ1) is 23.5. The van der Waals surface area contributed by atoms with Gasteiger partial charge in [-0.2, -0.15) is 0 Å². The molecule has 6 nitrogen and oxygen atoms in total. The molecule has 0 unspecified atom stereocenters. The molecule has 0 saturated heterocycles. The van der Waals surface area contributed by atoms with Crippen LogP contribution in [-0.2, 0) is 21.4 Å². The number of nitrogens with zero attached hydrogens (tertiary/aromatic N) is 1. The minimum atomic E-state index is -3.24. The molecule has 0 aliphatic heterocycles. The molecule has 0 spiro atoms. The fourth-order valence-corrected chi connectivity index (χ4v) is 3.56. The number of benzene rings is 3. The van der Waals surface area contributed by atoms with Crippen molar-refractivity contribution < 1.29 is 17.9 Å². The average molecular weight is 453 g/mol. The summed E-state index contributed by atoms with van der Waals surface area (Å²) in [7, 11) is -1.71. The van der Waals surface area contributed by atoms with E-state index in [4.69, 9.17) is 4.74 Å². The second-order valence-electron chi connectivity index (χ2n) is 7.77. The van der Waals surface area contributed by atoms with Crippen LogP contribution in [0, 0.1) is 6.92 Å². The number of sulfonamides is 1. The molecule has 1 amide bonds. The lowest BCUT2D eigenvalue weighted by atomic mass is 9.98. The van der Waals surface area contributed by atoms with Crippen molar-refractivity contribution in [3.05, 3.63) is 101 Å². The lowest BCUT2D eigenvalue weighted by Gasteiger charge is -2.20. The fraction of sp³-hybridized carbons (Fsp3) is 0.240. The third kappa shape index (κ3) is 6.67. The molecule has 3 aromatic rings. The van der Waals surface area contributed by atoms with Gasteiger partial charge in [0, 0.05) is 13.6 Å². The second-order valence-corrected chi connectivity index (χ2v) is 9.86. The van der Waals surface area contributed by atoms with Gasteiger partial charge in [0.25, 0.3) is 5.91 Å². The van der Waals surface area contributed by atoms with Crippen LogP contribution in [0.2, 0.25) is 0 Å². The molecule has 0 aliphatic carbocycles. The number of hydrogen-bond acceptors (Lipinski definition) is 4. The topological polar surface area (TPSA) is 75.7 Å². The van der Waals surface area contributed by atoms with Crippen molar-refractivity contribution >= 4 is 15.9 Å². The van der Waals surface area contributed by atoms with Gasteiger partial charge in [0.05, 0.1) is 12.3 Å². The molecule has 1 atom stereocenters. The number of ether oxygens (including phenoxy) is 1. The Kier molecular flexibility index (Phi) is 7.66. The maximum atomic E-state index is 12.7. The highest BCUT2D eigenvalue weighted by atomic mass is 32.2. The predicted molar refractivity (Wildman–Crippen MR) is 126 cm³/mol. The minimum Gasteiger partial charge on any atom is -0.484 e. The average Bonchev–Trinajstić information content (AvgIpc) is 2.77. The Balaban J connectivity index is 1.62. The van der Waals surface area contributed by atoms with Gasteiger partial charge in [0.15, 0.2) is 6.61 Å². The summed E-state index contributed by atoms with van der Waals surface area (Å²) in [6.45, 7) is 2.17. The van der Waals surface area contributed by atoms with Crippen molar-refractivity contribution in [1.29, 1.82) is 0 Å². The number of nitrogens with one attached hydrogen (secondary N) is 1. The zero-order valence-corrected chi connectivity index (χ0v) is 19.3. The summed E-state index contributed by atoms with van der Waals surface area (Å²) in [4.78, 5) is 12.7. The molecule has 0 aromatic heterocycles. The van der Waals surface area contributed by atoms with E-state index in [0.29, 0.717) is 5.75 Å². The Hall–Kier alpha value is -3.16. The van der Waals surface area contributed by atoms with E-state index in [-0.39, 0.29) is 25.1 Å². The van der Waals surface area contributed by atoms with Crippen molar-refractivity contribution in [3.63, 3.8) is 0 Å². The Labute approximate surface area is 189 Å². The summed E-state index contributed by atoms with van der Waals surface area (Å²) in [5, 5.41) is 3.06. The molecule has 0 heterocycles. The third-order valence-corrected chi connectivity index (χ3v) is 6.37. The van der Waals surface area contributed by atoms with Gasteiger partial charge in [-0.05, 0) is 35.7 Å². The lowest BCUT2D eigenvalue weighted by Crippen LogP contribution is -2.33. The molecular weight excluding hydrogens is 424 g/mol. The number of amides is 1. The monoisotopic (exact) mass is 452 g/mol. The molecule has 0 fully saturated rings. The van der Waals surface area contributed by atoms with Gasteiger partial charge in [-0.3, -0.25) is 4.79 Å². The van der Waals surface area contributed by atoms with E-state index < -0.39 is 10.0 Å². The van der Waals surface area contributed by atoms with E-state index in [2.05, 4.69) is 5.32 Å². The highest BCUT2D eigenvalue weighted by Crippen LogP contribution is 2.22. The smallest absolute Gasteiger partial charge is 0.258 e. The van der Waals surface area contributed by atoms with E-state index in [9.17, 15) is 13.2 Å². The van der Waals surface area contributed by atoms with Crippen molar-refractivity contribution in [3.8, 4) is 5.75 Å². The molecule has 3 aromatic carbocycles. The summed E-state index contributed by atoms with van der Waals surface area (Å²) in [6, 6.07) is 24.6. The quantitative estimate of drug-likeness (QED) is 0.538. The third-order valence-electron chi connectivity index (χ3n) is 5.11. The van der Waals surface area contributed by atoms with Crippen LogP contribution >= 0.6 is 0 Å². The Morgan fingerprint density at radius 3 is 2.12 bits per heavy atom. The fourth-order valence-electron chi connectivity index (χ4n) is 3.18. The largest absolute Gasteiger partial charge is 0.484 e. The summed E-state index contributed by atoms with van der Waals surface area (Å²) in [5.41, 5.74) is 3.97. The summed E-state index contributed by atoms with van der Waals surface area (Å²) < 4.78 is 30.0. The first-order valence-corrected chi connectivity index (χ1v) is 12.1. The van der Waals surface area contributed by atoms with E-state index >= 15 is 0 Å². The number of rotatable bonds is 9. The molecule has 0 saturated carbocycles. The summed E-state index contributed by atoms with van der Waals surface area (Å²) in [6.07, 6.45) is 1.17. The molecule has 1 N–H and O–H groups in total. The molecule has 0 bridgehead atoms. The first-order valence-electron chi connectivity index (χ1n) is 10.3. The number of carbonyl (C=O) groups excluding carboxylic acids is 1. The summed E-state index contributed by atoms with van der Waals surface area (Å²) in [5.74, 6) is 0.304. The zero-order chi connectivity index (χ0) is 23.1. The Morgan fingerprint density at radius 2 is 1.53 bits per heavy atom. The molecule has 168 valence electrons. The van der Waals surface area contributed by atoms with Crippen LogP contribution in [0.25, 0.3) is 0 Å². The van der Waals surface area contributed by atoms with E-state index in [0.717, 1.165) is 22.3 Å². The van der Waals surface area contributed by atoms with E-state index in [1.54, 1.807) is 24.3 Å². The number of carbonyl (C=O) groups is 1. The van der Waals surface area contributed by atoms with Gasteiger partial charge in [-0.1, -0.05) is 72.3 Å². The highest BCUT2D eigenvalue weighted by Gasteiger charge is 2.17. The highest BCUT2D eigenvalue weighted by molar-refractivity contribution is 7.88. The van der Waals surface area contributed by atoms with Crippen LogP contribution in [0.1, 0.15) is 28.3 Å². The zero-order valence-electron chi connectivity index (χ0n) is 18.5. The molecule has 32 heavy (non-hydrogen) atoms. The van der Waals surface area contributed by atoms with Crippen LogP contribution in [0.3, 0.4) is 0 Å². The molecule has 0 aliphatic rings. The summed E-state index contributed by atoms with van der Waals surface area (Å²) >= 11 is 0. The Morgan fingerprint density at radius 1 is 0.938 bits per heavy atom. The standard InChI is InChI=1S/C25H28N2O4S/c1-19-9-13-22(14-10-19)25(21-7-5-4-6-8-21)26-24(28)18-31-23-15-11-20(12-16-23)17-27(2)32(3,29)30/h4-16,25H,17-18H2,1-3H3,(H,26,28)/t25-/m1/s1. The van der Waals surface area contributed by atoms with Crippen LogP contribution in [0.4, 0.5) is 0 Å². The van der Waals surface area contributed by atoms with Gasteiger partial charge >= 0.3 is 0 Å². The van der Waals surface area contributed by atoms with E-state index in [1.807, 2.05) is 61.5 Å². The van der Waals surface area contributed by atoms with E-state index in [1.165, 1.54) is 17.6 Å². The minimum absolute atomic E-state index is 0.127. The van der Waals surface area contributed by atoms with Gasteiger partial charge in [0.1, 0.15) is 5.75 Å². The van der Waals surface area contributed by atoms with Crippen molar-refractivity contribution in [1.82, 2.24) is 9.62 Å². The van der Waals surface area contributed by atoms with Gasteiger partial charge < -0.3 is 10.1 Å². The van der Waals surface area contributed by atoms with Crippen LogP contribution in [0.15, 0.2) is 78.9 Å². The lowest BCUT2D eigenvalue weighted by molar-refractivity contribution is -0.123. The van der Waals surface area contributed by atoms with Gasteiger partial charge in [-0.25, -0.2) is 12.7 Å². The number of aryl methyl sites for hydroxylation is 1. The van der Waals surface area contributed by atoms with Crippen LogP contribution in [-0.4, -0.2) is 38.5 Å². The van der Waals surface area contributed by atoms with Crippen molar-refractivity contribution in [2.24, 2.45) is 0 Å². The van der Waals surface area contributed by atoms with Gasteiger partial charge in [0.2, 0.25) is 10.0 Å². The van der Waals surface area contributed by atoms with Crippen molar-refractivity contribution in [2.75, 3.05) is 19.9 Å². The van der Waals surface area contributed by atoms with Crippen LogP contribution < -0.4 is 10.1 Å².